The number of hydrogen-bond donors (Lipinski definition) is 0. The van der Waals surface area contributed by atoms with E-state index in [-0.39, 0.29) is 0 Å². The Bertz CT molecular complexity index is 3300. The molecule has 0 atom stereocenters. The molecule has 0 fully saturated rings. The van der Waals surface area contributed by atoms with Crippen LogP contribution in [0.15, 0.2) is 217 Å². The van der Waals surface area contributed by atoms with Crippen LogP contribution >= 0.6 is 0 Å². The van der Waals surface area contributed by atoms with E-state index in [0.29, 0.717) is 17.5 Å². The molecule has 0 saturated carbocycles. The highest BCUT2D eigenvalue weighted by molar-refractivity contribution is 6.12. The minimum Gasteiger partial charge on any atom is -0.455 e. The van der Waals surface area contributed by atoms with Crippen molar-refractivity contribution in [3.8, 4) is 78.7 Å². The summed E-state index contributed by atoms with van der Waals surface area (Å²) in [6, 6.07) is 74.0. The molecule has 0 spiro atoms. The second kappa shape index (κ2) is 14.5. The zero-order valence-corrected chi connectivity index (χ0v) is 32.0. The molecule has 276 valence electrons. The molecule has 59 heavy (non-hydrogen) atoms. The van der Waals surface area contributed by atoms with Gasteiger partial charge in [-0.2, -0.15) is 0 Å². The van der Waals surface area contributed by atoms with Gasteiger partial charge in [-0.3, -0.25) is 0 Å². The Morgan fingerprint density at radius 2 is 0.763 bits per heavy atom. The van der Waals surface area contributed by atoms with Crippen LogP contribution in [0.25, 0.3) is 111 Å². The number of nitrogens with zero attached hydrogens (tertiary/aromatic N) is 3. The normalized spacial score (nSPS) is 11.4. The second-order valence-corrected chi connectivity index (χ2v) is 14.8. The zero-order valence-electron chi connectivity index (χ0n) is 32.0. The minimum absolute atomic E-state index is 0.613. The summed E-state index contributed by atoms with van der Waals surface area (Å²) in [6.07, 6.45) is 0. The highest BCUT2D eigenvalue weighted by atomic mass is 16.3. The van der Waals surface area contributed by atoms with Crippen molar-refractivity contribution < 1.29 is 4.42 Å². The van der Waals surface area contributed by atoms with Crippen molar-refractivity contribution in [2.45, 2.75) is 0 Å². The summed E-state index contributed by atoms with van der Waals surface area (Å²) >= 11 is 0. The summed E-state index contributed by atoms with van der Waals surface area (Å²) in [5.41, 5.74) is 13.5. The first-order chi connectivity index (χ1) is 29.2. The molecule has 0 aliphatic heterocycles. The molecule has 11 rings (SSSR count). The van der Waals surface area contributed by atoms with Crippen LogP contribution in [0.3, 0.4) is 0 Å². The molecule has 0 aliphatic rings. The van der Waals surface area contributed by atoms with Gasteiger partial charge in [0.2, 0.25) is 0 Å². The molecule has 4 heteroatoms. The quantitative estimate of drug-likeness (QED) is 0.163. The number of para-hydroxylation sites is 2. The highest BCUT2D eigenvalue weighted by Gasteiger charge is 2.18. The molecule has 11 aromatic rings. The lowest BCUT2D eigenvalue weighted by molar-refractivity contribution is 0.670. The topological polar surface area (TPSA) is 51.8 Å². The summed E-state index contributed by atoms with van der Waals surface area (Å²) in [5.74, 6) is 1.86. The van der Waals surface area contributed by atoms with E-state index >= 15 is 0 Å². The summed E-state index contributed by atoms with van der Waals surface area (Å²) < 4.78 is 6.52. The lowest BCUT2D eigenvalue weighted by Crippen LogP contribution is -2.01. The van der Waals surface area contributed by atoms with Crippen LogP contribution in [-0.4, -0.2) is 15.0 Å². The van der Waals surface area contributed by atoms with Gasteiger partial charge < -0.3 is 4.42 Å². The Labute approximate surface area is 341 Å². The molecular formula is C55H35N3O. The first-order valence-electron chi connectivity index (χ1n) is 19.8. The fraction of sp³-hybridized carbons (Fsp3) is 0. The van der Waals surface area contributed by atoms with Crippen LogP contribution in [-0.2, 0) is 0 Å². The number of benzene rings is 9. The molecule has 2 aromatic heterocycles. The van der Waals surface area contributed by atoms with Gasteiger partial charge in [0.1, 0.15) is 11.2 Å². The summed E-state index contributed by atoms with van der Waals surface area (Å²) in [7, 11) is 0. The van der Waals surface area contributed by atoms with Gasteiger partial charge in [0, 0.05) is 33.0 Å². The molecule has 0 radical (unpaired) electrons. The lowest BCUT2D eigenvalue weighted by atomic mass is 9.92. The largest absolute Gasteiger partial charge is 0.455 e. The van der Waals surface area contributed by atoms with E-state index in [2.05, 4.69) is 182 Å². The number of rotatable bonds is 7. The predicted octanol–water partition coefficient (Wildman–Crippen LogP) is 14.6. The predicted molar refractivity (Wildman–Crippen MR) is 243 cm³/mol. The van der Waals surface area contributed by atoms with Gasteiger partial charge in [-0.25, -0.2) is 15.0 Å². The van der Waals surface area contributed by atoms with Gasteiger partial charge in [-0.1, -0.05) is 194 Å². The maximum Gasteiger partial charge on any atom is 0.164 e. The smallest absolute Gasteiger partial charge is 0.164 e. The molecule has 4 nitrogen and oxygen atoms in total. The third-order valence-electron chi connectivity index (χ3n) is 11.2. The van der Waals surface area contributed by atoms with E-state index < -0.39 is 0 Å². The van der Waals surface area contributed by atoms with Gasteiger partial charge in [-0.05, 0) is 67.9 Å². The molecule has 9 aromatic carbocycles. The fourth-order valence-corrected chi connectivity index (χ4v) is 8.22. The second-order valence-electron chi connectivity index (χ2n) is 14.8. The van der Waals surface area contributed by atoms with Crippen molar-refractivity contribution >= 4 is 32.7 Å². The number of furan rings is 1. The summed E-state index contributed by atoms with van der Waals surface area (Å²) in [5, 5.41) is 4.59. The Morgan fingerprint density at radius 1 is 0.271 bits per heavy atom. The van der Waals surface area contributed by atoms with E-state index in [9.17, 15) is 0 Å². The maximum absolute atomic E-state index is 6.52. The average molecular weight is 754 g/mol. The van der Waals surface area contributed by atoms with Crippen LogP contribution in [0.1, 0.15) is 0 Å². The summed E-state index contributed by atoms with van der Waals surface area (Å²) in [4.78, 5) is 15.4. The zero-order chi connectivity index (χ0) is 39.1. The van der Waals surface area contributed by atoms with Crippen LogP contribution in [0.4, 0.5) is 0 Å². The van der Waals surface area contributed by atoms with Gasteiger partial charge in [-0.15, -0.1) is 0 Å². The van der Waals surface area contributed by atoms with Gasteiger partial charge in [0.25, 0.3) is 0 Å². The van der Waals surface area contributed by atoms with Crippen molar-refractivity contribution in [3.05, 3.63) is 212 Å². The standard InChI is InChI=1S/C55H35N3O/c1-3-14-36(15-4-1)37-26-30-40(31-27-37)53-56-54(58-55(57-53)49-22-10-9-19-44(49)39-16-5-2-6-17-39)41-32-28-38(29-33-41)43-34-42-18-7-8-20-45(42)50(35-43)48-24-13-23-47-46-21-11-12-25-51(46)59-52(47)48/h1-35H. The van der Waals surface area contributed by atoms with Crippen LogP contribution < -0.4 is 0 Å². The Morgan fingerprint density at radius 3 is 1.47 bits per heavy atom. The van der Waals surface area contributed by atoms with Crippen molar-refractivity contribution in [3.63, 3.8) is 0 Å². The third kappa shape index (κ3) is 6.34. The van der Waals surface area contributed by atoms with Crippen molar-refractivity contribution in [1.82, 2.24) is 15.0 Å². The minimum atomic E-state index is 0.613. The Hall–Kier alpha value is -7.95. The summed E-state index contributed by atoms with van der Waals surface area (Å²) in [6.45, 7) is 0. The monoisotopic (exact) mass is 753 g/mol. The van der Waals surface area contributed by atoms with Crippen LogP contribution in [0.5, 0.6) is 0 Å². The molecule has 2 heterocycles. The first kappa shape index (κ1) is 34.3. The highest BCUT2D eigenvalue weighted by Crippen LogP contribution is 2.41. The van der Waals surface area contributed by atoms with E-state index in [4.69, 9.17) is 19.4 Å². The van der Waals surface area contributed by atoms with Crippen LogP contribution in [0.2, 0.25) is 0 Å². The Balaban J connectivity index is 1.02. The van der Waals surface area contributed by atoms with Gasteiger partial charge >= 0.3 is 0 Å². The number of fused-ring (bicyclic) bond motifs is 4. The molecular weight excluding hydrogens is 719 g/mol. The fourth-order valence-electron chi connectivity index (χ4n) is 8.22. The van der Waals surface area contributed by atoms with Crippen molar-refractivity contribution in [2.75, 3.05) is 0 Å². The molecule has 0 aliphatic carbocycles. The van der Waals surface area contributed by atoms with Crippen LogP contribution in [0, 0.1) is 0 Å². The Kier molecular flexibility index (Phi) is 8.45. The van der Waals surface area contributed by atoms with Gasteiger partial charge in [0.05, 0.1) is 0 Å². The average Bonchev–Trinajstić information content (AvgIpc) is 3.71. The molecule has 0 amide bonds. The van der Waals surface area contributed by atoms with Crippen molar-refractivity contribution in [1.29, 1.82) is 0 Å². The number of hydrogen-bond acceptors (Lipinski definition) is 4. The number of aromatic nitrogens is 3. The van der Waals surface area contributed by atoms with E-state index in [1.807, 2.05) is 30.3 Å². The molecule has 0 N–H and O–H groups in total. The molecule has 0 saturated heterocycles. The van der Waals surface area contributed by atoms with Crippen molar-refractivity contribution in [2.24, 2.45) is 0 Å². The SMILES string of the molecule is c1ccc(-c2ccc(-c3nc(-c4ccc(-c5cc(-c6cccc7c6oc6ccccc67)c6ccccc6c5)cc4)nc(-c4ccccc4-c4ccccc4)n3)cc2)cc1. The molecule has 0 unspecified atom stereocenters. The lowest BCUT2D eigenvalue weighted by Gasteiger charge is -2.13. The maximum atomic E-state index is 6.52. The molecule has 0 bridgehead atoms. The first-order valence-corrected chi connectivity index (χ1v) is 19.8. The third-order valence-corrected chi connectivity index (χ3v) is 11.2. The van der Waals surface area contributed by atoms with Gasteiger partial charge in [0.15, 0.2) is 17.5 Å². The van der Waals surface area contributed by atoms with E-state index in [1.165, 1.54) is 10.8 Å². The van der Waals surface area contributed by atoms with E-state index in [1.54, 1.807) is 0 Å². The van der Waals surface area contributed by atoms with E-state index in [0.717, 1.165) is 83.1 Å².